The average molecular weight is 296 g/mol. The van der Waals surface area contributed by atoms with Gasteiger partial charge in [-0.1, -0.05) is 39.5 Å². The second-order valence-corrected chi connectivity index (χ2v) is 5.86. The quantitative estimate of drug-likeness (QED) is 0.593. The Balaban J connectivity index is 4.85. The summed E-state index contributed by atoms with van der Waals surface area (Å²) in [5.41, 5.74) is -0.494. The normalized spacial score (nSPS) is 18.6. The van der Waals surface area contributed by atoms with Crippen molar-refractivity contribution in [3.63, 3.8) is 0 Å². The van der Waals surface area contributed by atoms with Crippen LogP contribution in [-0.4, -0.2) is 31.9 Å². The van der Waals surface area contributed by atoms with Crippen molar-refractivity contribution in [3.8, 4) is 0 Å². The maximum absolute atomic E-state index is 13.0. The summed E-state index contributed by atoms with van der Waals surface area (Å²) >= 11 is 0. The molecule has 0 amide bonds. The summed E-state index contributed by atoms with van der Waals surface area (Å²) in [6, 6.07) is -1.46. The van der Waals surface area contributed by atoms with Gasteiger partial charge in [-0.2, -0.15) is 13.2 Å². The predicted octanol–water partition coefficient (Wildman–Crippen LogP) is 4.11. The van der Waals surface area contributed by atoms with Gasteiger partial charge in [0.05, 0.1) is 0 Å². The molecule has 2 nitrogen and oxygen atoms in total. The summed E-state index contributed by atoms with van der Waals surface area (Å²) in [5, 5.41) is 5.57. The van der Waals surface area contributed by atoms with Crippen molar-refractivity contribution < 1.29 is 13.2 Å². The lowest BCUT2D eigenvalue weighted by Gasteiger charge is -2.40. The van der Waals surface area contributed by atoms with Gasteiger partial charge in [0.25, 0.3) is 0 Å². The zero-order chi connectivity index (χ0) is 15.8. The molecule has 0 radical (unpaired) electrons. The number of halogens is 3. The van der Waals surface area contributed by atoms with E-state index in [1.807, 2.05) is 6.92 Å². The van der Waals surface area contributed by atoms with Gasteiger partial charge in [0.2, 0.25) is 0 Å². The Bertz CT molecular complexity index is 256. The largest absolute Gasteiger partial charge is 0.403 e. The summed E-state index contributed by atoms with van der Waals surface area (Å²) in [7, 11) is 3.15. The monoisotopic (exact) mass is 296 g/mol. The molecular formula is C15H31F3N2. The summed E-state index contributed by atoms with van der Waals surface area (Å²) < 4.78 is 38.9. The molecular weight excluding hydrogens is 265 g/mol. The number of hydrogen-bond donors (Lipinski definition) is 2. The van der Waals surface area contributed by atoms with Crippen LogP contribution < -0.4 is 10.6 Å². The van der Waals surface area contributed by atoms with Crippen LogP contribution in [-0.2, 0) is 0 Å². The van der Waals surface area contributed by atoms with E-state index < -0.39 is 17.8 Å². The highest BCUT2D eigenvalue weighted by molar-refractivity contribution is 4.94. The molecule has 0 saturated carbocycles. The number of hydrogen-bond acceptors (Lipinski definition) is 2. The molecule has 0 aromatic carbocycles. The zero-order valence-electron chi connectivity index (χ0n) is 13.5. The van der Waals surface area contributed by atoms with Gasteiger partial charge < -0.3 is 10.6 Å². The molecule has 20 heavy (non-hydrogen) atoms. The van der Waals surface area contributed by atoms with Crippen LogP contribution in [0.2, 0.25) is 0 Å². The smallest absolute Gasteiger partial charge is 0.314 e. The minimum absolute atomic E-state index is 0.0636. The highest BCUT2D eigenvalue weighted by Gasteiger charge is 2.44. The molecule has 5 heteroatoms. The third-order valence-electron chi connectivity index (χ3n) is 4.49. The average Bonchev–Trinajstić information content (AvgIpc) is 2.39. The topological polar surface area (TPSA) is 24.1 Å². The molecule has 0 fully saturated rings. The van der Waals surface area contributed by atoms with Crippen LogP contribution in [0, 0.1) is 5.92 Å². The van der Waals surface area contributed by atoms with Crippen LogP contribution in [0.25, 0.3) is 0 Å². The van der Waals surface area contributed by atoms with Crippen molar-refractivity contribution in [1.29, 1.82) is 0 Å². The van der Waals surface area contributed by atoms with Crippen LogP contribution >= 0.6 is 0 Å². The molecule has 0 aliphatic carbocycles. The van der Waals surface area contributed by atoms with Crippen LogP contribution in [0.5, 0.6) is 0 Å². The van der Waals surface area contributed by atoms with Gasteiger partial charge in [0.15, 0.2) is 0 Å². The van der Waals surface area contributed by atoms with Crippen LogP contribution in [0.1, 0.15) is 59.3 Å². The molecule has 0 aliphatic heterocycles. The molecule has 0 aliphatic rings. The van der Waals surface area contributed by atoms with E-state index in [-0.39, 0.29) is 12.3 Å². The van der Waals surface area contributed by atoms with Gasteiger partial charge in [-0.3, -0.25) is 0 Å². The molecule has 0 aromatic heterocycles. The first-order valence-corrected chi connectivity index (χ1v) is 7.68. The van der Waals surface area contributed by atoms with Crippen molar-refractivity contribution in [2.45, 2.75) is 77.1 Å². The van der Waals surface area contributed by atoms with Crippen molar-refractivity contribution in [2.24, 2.45) is 5.92 Å². The lowest BCUT2D eigenvalue weighted by atomic mass is 9.76. The summed E-state index contributed by atoms with van der Waals surface area (Å²) in [6.07, 6.45) is 1.11. The Morgan fingerprint density at radius 2 is 1.65 bits per heavy atom. The second kappa shape index (κ2) is 8.88. The molecule has 2 N–H and O–H groups in total. The Morgan fingerprint density at radius 3 is 2.00 bits per heavy atom. The fourth-order valence-corrected chi connectivity index (χ4v) is 2.89. The minimum atomic E-state index is -4.20. The van der Waals surface area contributed by atoms with E-state index in [2.05, 4.69) is 24.5 Å². The molecule has 0 saturated heterocycles. The SMILES string of the molecule is CCCCCC(CC)C(C)(CC(NC)C(F)(F)F)NC. The highest BCUT2D eigenvalue weighted by atomic mass is 19.4. The van der Waals surface area contributed by atoms with Crippen molar-refractivity contribution in [3.05, 3.63) is 0 Å². The standard InChI is InChI=1S/C15H31F3N2/c1-6-8-9-10-12(7-2)14(3,20-5)11-13(19-4)15(16,17)18/h12-13,19-20H,6-11H2,1-5H3. The first-order valence-electron chi connectivity index (χ1n) is 7.68. The third kappa shape index (κ3) is 6.00. The fraction of sp³-hybridized carbons (Fsp3) is 1.00. The summed E-state index contributed by atoms with van der Waals surface area (Å²) in [6.45, 7) is 6.12. The second-order valence-electron chi connectivity index (χ2n) is 5.86. The number of rotatable bonds is 10. The Labute approximate surface area is 121 Å². The van der Waals surface area contributed by atoms with E-state index in [0.29, 0.717) is 0 Å². The first-order chi connectivity index (χ1) is 9.25. The van der Waals surface area contributed by atoms with E-state index in [9.17, 15) is 13.2 Å². The van der Waals surface area contributed by atoms with Crippen molar-refractivity contribution >= 4 is 0 Å². The van der Waals surface area contributed by atoms with Gasteiger partial charge in [-0.15, -0.1) is 0 Å². The van der Waals surface area contributed by atoms with E-state index in [1.54, 1.807) is 7.05 Å². The van der Waals surface area contributed by atoms with Crippen LogP contribution in [0.4, 0.5) is 13.2 Å². The molecule has 0 bridgehead atoms. The Kier molecular flexibility index (Phi) is 8.75. The van der Waals surface area contributed by atoms with Crippen LogP contribution in [0.3, 0.4) is 0 Å². The lowest BCUT2D eigenvalue weighted by molar-refractivity contribution is -0.161. The Morgan fingerprint density at radius 1 is 1.05 bits per heavy atom. The van der Waals surface area contributed by atoms with E-state index in [4.69, 9.17) is 0 Å². The van der Waals surface area contributed by atoms with Gasteiger partial charge >= 0.3 is 6.18 Å². The van der Waals surface area contributed by atoms with Gasteiger partial charge in [-0.25, -0.2) is 0 Å². The molecule has 122 valence electrons. The first kappa shape index (κ1) is 19.7. The van der Waals surface area contributed by atoms with E-state index >= 15 is 0 Å². The fourth-order valence-electron chi connectivity index (χ4n) is 2.89. The van der Waals surface area contributed by atoms with Gasteiger partial charge in [-0.05, 0) is 39.8 Å². The van der Waals surface area contributed by atoms with Crippen molar-refractivity contribution in [1.82, 2.24) is 10.6 Å². The maximum Gasteiger partial charge on any atom is 0.403 e. The summed E-state index contributed by atoms with van der Waals surface area (Å²) in [5.74, 6) is 0.261. The zero-order valence-corrected chi connectivity index (χ0v) is 13.5. The lowest BCUT2D eigenvalue weighted by Crippen LogP contribution is -2.54. The third-order valence-corrected chi connectivity index (χ3v) is 4.49. The molecule has 3 unspecified atom stereocenters. The van der Waals surface area contributed by atoms with Gasteiger partial charge in [0, 0.05) is 5.54 Å². The number of unbranched alkanes of at least 4 members (excludes halogenated alkanes) is 2. The molecule has 0 spiro atoms. The molecule has 0 rings (SSSR count). The molecule has 0 aromatic rings. The molecule has 3 atom stereocenters. The van der Waals surface area contributed by atoms with E-state index in [0.717, 1.165) is 32.1 Å². The summed E-state index contributed by atoms with van der Waals surface area (Å²) in [4.78, 5) is 0. The van der Waals surface area contributed by atoms with E-state index in [1.165, 1.54) is 7.05 Å². The van der Waals surface area contributed by atoms with Crippen LogP contribution in [0.15, 0.2) is 0 Å². The number of alkyl halides is 3. The Hall–Kier alpha value is -0.290. The maximum atomic E-state index is 13.0. The molecule has 0 heterocycles. The van der Waals surface area contributed by atoms with Gasteiger partial charge in [0.1, 0.15) is 6.04 Å². The number of nitrogens with one attached hydrogen (secondary N) is 2. The van der Waals surface area contributed by atoms with Crippen molar-refractivity contribution in [2.75, 3.05) is 14.1 Å². The minimum Gasteiger partial charge on any atom is -0.314 e. The highest BCUT2D eigenvalue weighted by Crippen LogP contribution is 2.34. The predicted molar refractivity (Wildman–Crippen MR) is 78.9 cm³/mol.